The van der Waals surface area contributed by atoms with E-state index in [1.54, 1.807) is 0 Å². The first-order chi connectivity index (χ1) is 7.31. The highest BCUT2D eigenvalue weighted by Crippen LogP contribution is 2.18. The first-order valence-electron chi connectivity index (χ1n) is 4.71. The van der Waals surface area contributed by atoms with Crippen LogP contribution in [0.5, 0.6) is 0 Å². The van der Waals surface area contributed by atoms with Crippen LogP contribution in [0, 0.1) is 0 Å². The fourth-order valence-corrected chi connectivity index (χ4v) is 1.45. The topological polar surface area (TPSA) is 61.7 Å². The summed E-state index contributed by atoms with van der Waals surface area (Å²) >= 11 is 0. The minimum atomic E-state index is -0.223. The van der Waals surface area contributed by atoms with Crippen LogP contribution >= 0.6 is 0 Å². The summed E-state index contributed by atoms with van der Waals surface area (Å²) in [5, 5.41) is 4.71. The molecule has 0 amide bonds. The Hall–Kier alpha value is -2.06. The fourth-order valence-electron chi connectivity index (χ4n) is 1.45. The minimum absolute atomic E-state index is 0.223. The number of pyridine rings is 1. The van der Waals surface area contributed by atoms with Gasteiger partial charge in [-0.1, -0.05) is 36.3 Å². The molecule has 2 aromatic rings. The summed E-state index contributed by atoms with van der Waals surface area (Å²) in [4.78, 5) is 7.21. The number of hydrogen-bond acceptors (Lipinski definition) is 2. The van der Waals surface area contributed by atoms with Crippen LogP contribution in [0.3, 0.4) is 0 Å². The van der Waals surface area contributed by atoms with Crippen molar-refractivity contribution in [3.63, 3.8) is 0 Å². The van der Waals surface area contributed by atoms with Gasteiger partial charge in [0.2, 0.25) is 0 Å². The Balaban J connectivity index is 2.51. The number of aromatic nitrogens is 1. The molecule has 2 rings (SSSR count). The fraction of sp³-hybridized carbons (Fsp3) is 0.182. The highest BCUT2D eigenvalue weighted by Gasteiger charge is 2.04. The lowest BCUT2D eigenvalue weighted by atomic mass is 10.1. The zero-order valence-electron chi connectivity index (χ0n) is 8.33. The molecular formula is C11H10N4. The largest absolute Gasteiger partial charge is 0.252 e. The van der Waals surface area contributed by atoms with Gasteiger partial charge < -0.3 is 0 Å². The molecular weight excluding hydrogens is 188 g/mol. The number of para-hydroxylation sites is 1. The molecule has 0 bridgehead atoms. The normalized spacial score (nSPS) is 12.1. The molecule has 0 N–H and O–H groups in total. The van der Waals surface area contributed by atoms with Crippen LogP contribution in [-0.4, -0.2) is 4.98 Å². The Morgan fingerprint density at radius 3 is 2.87 bits per heavy atom. The van der Waals surface area contributed by atoms with Gasteiger partial charge >= 0.3 is 0 Å². The van der Waals surface area contributed by atoms with Crippen LogP contribution in [0.2, 0.25) is 0 Å². The van der Waals surface area contributed by atoms with E-state index in [-0.39, 0.29) is 6.04 Å². The number of nitrogens with zero attached hydrogens (tertiary/aromatic N) is 4. The van der Waals surface area contributed by atoms with Gasteiger partial charge in [-0.2, -0.15) is 0 Å². The van der Waals surface area contributed by atoms with Crippen molar-refractivity contribution < 1.29 is 0 Å². The van der Waals surface area contributed by atoms with Gasteiger partial charge in [0.25, 0.3) is 0 Å². The summed E-state index contributed by atoms with van der Waals surface area (Å²) in [7, 11) is 0. The summed E-state index contributed by atoms with van der Waals surface area (Å²) < 4.78 is 0. The van der Waals surface area contributed by atoms with Crippen molar-refractivity contribution in [1.82, 2.24) is 4.98 Å². The maximum Gasteiger partial charge on any atom is 0.0769 e. The third-order valence-corrected chi connectivity index (χ3v) is 2.27. The molecule has 1 unspecified atom stereocenters. The monoisotopic (exact) mass is 198 g/mol. The molecule has 4 heteroatoms. The Labute approximate surface area is 87.2 Å². The molecule has 15 heavy (non-hydrogen) atoms. The second-order valence-electron chi connectivity index (χ2n) is 3.31. The zero-order chi connectivity index (χ0) is 10.7. The van der Waals surface area contributed by atoms with Crippen molar-refractivity contribution >= 4 is 10.9 Å². The van der Waals surface area contributed by atoms with E-state index in [0.717, 1.165) is 16.6 Å². The SMILES string of the molecule is CC(N=[N+]=[N-])c1ccc2ccccc2n1. The summed E-state index contributed by atoms with van der Waals surface area (Å²) in [5.74, 6) is 0. The Bertz CT molecular complexity index is 529. The van der Waals surface area contributed by atoms with Gasteiger partial charge in [0.05, 0.1) is 11.6 Å². The van der Waals surface area contributed by atoms with Gasteiger partial charge in [-0.25, -0.2) is 0 Å². The molecule has 4 nitrogen and oxygen atoms in total. The standard InChI is InChI=1S/C11H10N4/c1-8(14-15-12)10-7-6-9-4-2-3-5-11(9)13-10/h2-8H,1H3. The highest BCUT2D eigenvalue weighted by atomic mass is 15.1. The lowest BCUT2D eigenvalue weighted by Gasteiger charge is -2.04. The molecule has 1 atom stereocenters. The van der Waals surface area contributed by atoms with Crippen LogP contribution in [0.15, 0.2) is 41.5 Å². The number of azide groups is 1. The van der Waals surface area contributed by atoms with Gasteiger partial charge in [-0.15, -0.1) is 0 Å². The molecule has 74 valence electrons. The molecule has 0 aliphatic carbocycles. The average Bonchev–Trinajstić information content (AvgIpc) is 2.29. The number of benzene rings is 1. The maximum absolute atomic E-state index is 8.34. The van der Waals surface area contributed by atoms with Crippen LogP contribution in [0.4, 0.5) is 0 Å². The van der Waals surface area contributed by atoms with E-state index in [2.05, 4.69) is 15.0 Å². The predicted octanol–water partition coefficient (Wildman–Crippen LogP) is 3.61. The molecule has 0 aliphatic rings. The van der Waals surface area contributed by atoms with E-state index in [4.69, 9.17) is 5.53 Å². The average molecular weight is 198 g/mol. The molecule has 1 heterocycles. The first-order valence-corrected chi connectivity index (χ1v) is 4.71. The summed E-state index contributed by atoms with van der Waals surface area (Å²) in [5.41, 5.74) is 10.1. The van der Waals surface area contributed by atoms with Crippen molar-refractivity contribution in [1.29, 1.82) is 0 Å². The zero-order valence-corrected chi connectivity index (χ0v) is 8.33. The lowest BCUT2D eigenvalue weighted by molar-refractivity contribution is 0.778. The molecule has 1 aromatic heterocycles. The van der Waals surface area contributed by atoms with Crippen LogP contribution in [0.1, 0.15) is 18.7 Å². The number of fused-ring (bicyclic) bond motifs is 1. The van der Waals surface area contributed by atoms with Crippen molar-refractivity contribution in [3.05, 3.63) is 52.5 Å². The quantitative estimate of drug-likeness (QED) is 0.413. The highest BCUT2D eigenvalue weighted by molar-refractivity contribution is 5.78. The maximum atomic E-state index is 8.34. The second-order valence-corrected chi connectivity index (χ2v) is 3.31. The molecule has 0 aliphatic heterocycles. The Morgan fingerprint density at radius 1 is 1.27 bits per heavy atom. The van der Waals surface area contributed by atoms with Crippen molar-refractivity contribution in [2.45, 2.75) is 13.0 Å². The van der Waals surface area contributed by atoms with Crippen molar-refractivity contribution in [3.8, 4) is 0 Å². The van der Waals surface area contributed by atoms with Gasteiger partial charge in [-0.05, 0) is 17.7 Å². The van der Waals surface area contributed by atoms with E-state index >= 15 is 0 Å². The molecule has 0 fully saturated rings. The van der Waals surface area contributed by atoms with Crippen molar-refractivity contribution in [2.24, 2.45) is 5.11 Å². The molecule has 1 aromatic carbocycles. The van der Waals surface area contributed by atoms with E-state index in [1.165, 1.54) is 0 Å². The third kappa shape index (κ3) is 1.90. The van der Waals surface area contributed by atoms with E-state index in [0.29, 0.717) is 0 Å². The van der Waals surface area contributed by atoms with Gasteiger partial charge in [-0.3, -0.25) is 4.98 Å². The molecule has 0 saturated carbocycles. The van der Waals surface area contributed by atoms with E-state index in [9.17, 15) is 0 Å². The predicted molar refractivity (Wildman–Crippen MR) is 59.3 cm³/mol. The Kier molecular flexibility index (Phi) is 2.52. The minimum Gasteiger partial charge on any atom is -0.252 e. The summed E-state index contributed by atoms with van der Waals surface area (Å²) in [6, 6.07) is 11.5. The molecule has 0 radical (unpaired) electrons. The van der Waals surface area contributed by atoms with Gasteiger partial charge in [0.15, 0.2) is 0 Å². The van der Waals surface area contributed by atoms with Crippen LogP contribution < -0.4 is 0 Å². The second kappa shape index (κ2) is 3.98. The van der Waals surface area contributed by atoms with Crippen molar-refractivity contribution in [2.75, 3.05) is 0 Å². The first kappa shape index (κ1) is 9.49. The van der Waals surface area contributed by atoms with Gasteiger partial charge in [0, 0.05) is 16.0 Å². The summed E-state index contributed by atoms with van der Waals surface area (Å²) in [6.07, 6.45) is 0. The van der Waals surface area contributed by atoms with E-state index < -0.39 is 0 Å². The Morgan fingerprint density at radius 2 is 2.07 bits per heavy atom. The number of rotatable bonds is 2. The molecule has 0 spiro atoms. The van der Waals surface area contributed by atoms with E-state index in [1.807, 2.05) is 43.3 Å². The van der Waals surface area contributed by atoms with Crippen LogP contribution in [-0.2, 0) is 0 Å². The number of hydrogen-bond donors (Lipinski definition) is 0. The summed E-state index contributed by atoms with van der Waals surface area (Å²) in [6.45, 7) is 1.83. The smallest absolute Gasteiger partial charge is 0.0769 e. The van der Waals surface area contributed by atoms with Crippen LogP contribution in [0.25, 0.3) is 21.3 Å². The lowest BCUT2D eigenvalue weighted by Crippen LogP contribution is -1.92. The third-order valence-electron chi connectivity index (χ3n) is 2.27. The molecule has 0 saturated heterocycles. The van der Waals surface area contributed by atoms with Gasteiger partial charge in [0.1, 0.15) is 0 Å².